The van der Waals surface area contributed by atoms with Gasteiger partial charge in [0.1, 0.15) is 41.1 Å². The molecule has 5 atom stereocenters. The van der Waals surface area contributed by atoms with Crippen LogP contribution in [0.4, 0.5) is 0 Å². The zero-order valence-electron chi connectivity index (χ0n) is 20.3. The SMILES string of the molecule is COc1cc(/C=C2/Oc3cc(O)c(C)c(O[C@H]4O[C@@H](C)[C@H](O)[C@H](O)[C@@H]4O)c3C2=O)cc(OC)c1OC. The van der Waals surface area contributed by atoms with Gasteiger partial charge < -0.3 is 48.8 Å². The van der Waals surface area contributed by atoms with Crippen molar-refractivity contribution in [2.75, 3.05) is 21.3 Å². The molecule has 0 bridgehead atoms. The zero-order chi connectivity index (χ0) is 26.3. The van der Waals surface area contributed by atoms with Crippen molar-refractivity contribution in [2.45, 2.75) is 44.6 Å². The van der Waals surface area contributed by atoms with E-state index < -0.39 is 36.5 Å². The molecule has 2 aliphatic rings. The van der Waals surface area contributed by atoms with Gasteiger partial charge in [-0.2, -0.15) is 0 Å². The molecule has 0 saturated carbocycles. The van der Waals surface area contributed by atoms with Crippen molar-refractivity contribution in [2.24, 2.45) is 0 Å². The van der Waals surface area contributed by atoms with Gasteiger partial charge in [0, 0.05) is 11.6 Å². The minimum Gasteiger partial charge on any atom is -0.507 e. The number of rotatable bonds is 6. The van der Waals surface area contributed by atoms with E-state index >= 15 is 0 Å². The van der Waals surface area contributed by atoms with Gasteiger partial charge in [-0.25, -0.2) is 0 Å². The van der Waals surface area contributed by atoms with Gasteiger partial charge in [0.05, 0.1) is 27.4 Å². The Morgan fingerprint density at radius 1 is 0.917 bits per heavy atom. The van der Waals surface area contributed by atoms with E-state index in [2.05, 4.69) is 0 Å². The van der Waals surface area contributed by atoms with Gasteiger partial charge in [0.25, 0.3) is 0 Å². The lowest BCUT2D eigenvalue weighted by Gasteiger charge is -2.39. The number of benzene rings is 2. The van der Waals surface area contributed by atoms with E-state index in [1.807, 2.05) is 0 Å². The molecule has 2 aromatic rings. The number of ether oxygens (including phenoxy) is 6. The Kier molecular flexibility index (Phi) is 7.01. The molecule has 1 saturated heterocycles. The second-order valence-corrected chi connectivity index (χ2v) is 8.42. The highest BCUT2D eigenvalue weighted by atomic mass is 16.7. The first-order valence-electron chi connectivity index (χ1n) is 11.1. The third-order valence-corrected chi connectivity index (χ3v) is 6.16. The van der Waals surface area contributed by atoms with Crippen LogP contribution in [0.1, 0.15) is 28.4 Å². The van der Waals surface area contributed by atoms with Gasteiger partial charge in [-0.1, -0.05) is 0 Å². The molecular formula is C25H28O11. The second kappa shape index (κ2) is 9.86. The van der Waals surface area contributed by atoms with E-state index in [0.29, 0.717) is 22.8 Å². The van der Waals surface area contributed by atoms with E-state index in [4.69, 9.17) is 28.4 Å². The third kappa shape index (κ3) is 4.30. The highest BCUT2D eigenvalue weighted by molar-refractivity contribution is 6.16. The summed E-state index contributed by atoms with van der Waals surface area (Å²) in [4.78, 5) is 13.4. The number of aliphatic hydroxyl groups is 3. The standard InChI is InChI=1S/C25H28O11/c1-10-13(26)9-14-18(23(10)36-25-22(30)21(29)19(27)11(2)34-25)20(28)15(35-14)6-12-7-16(31-3)24(33-5)17(8-12)32-4/h6-9,11,19,21-22,25-27,29-30H,1-5H3/b15-6+/t11-,19-,21-,22-,25+/m0/s1. The number of allylic oxidation sites excluding steroid dienone is 1. The van der Waals surface area contributed by atoms with Crippen LogP contribution in [-0.4, -0.2) is 78.2 Å². The molecule has 0 aromatic heterocycles. The van der Waals surface area contributed by atoms with Crippen LogP contribution in [0.3, 0.4) is 0 Å². The zero-order valence-corrected chi connectivity index (χ0v) is 20.3. The van der Waals surface area contributed by atoms with Crippen LogP contribution >= 0.6 is 0 Å². The summed E-state index contributed by atoms with van der Waals surface area (Å²) in [6.07, 6.45) is -5.28. The van der Waals surface area contributed by atoms with Crippen molar-refractivity contribution >= 4 is 11.9 Å². The van der Waals surface area contributed by atoms with Crippen LogP contribution in [0.2, 0.25) is 0 Å². The maximum atomic E-state index is 13.4. The van der Waals surface area contributed by atoms with E-state index in [9.17, 15) is 25.2 Å². The fourth-order valence-electron chi connectivity index (χ4n) is 4.11. The van der Waals surface area contributed by atoms with Crippen LogP contribution in [0.5, 0.6) is 34.5 Å². The molecule has 2 aromatic carbocycles. The molecule has 2 heterocycles. The molecular weight excluding hydrogens is 476 g/mol. The van der Waals surface area contributed by atoms with Gasteiger partial charge in [-0.05, 0) is 37.6 Å². The van der Waals surface area contributed by atoms with Crippen LogP contribution < -0.4 is 23.7 Å². The maximum absolute atomic E-state index is 13.4. The molecule has 11 nitrogen and oxygen atoms in total. The Morgan fingerprint density at radius 2 is 1.56 bits per heavy atom. The highest BCUT2D eigenvalue weighted by Gasteiger charge is 2.44. The second-order valence-electron chi connectivity index (χ2n) is 8.42. The molecule has 0 aliphatic carbocycles. The number of phenolic OH excluding ortho intramolecular Hbond substituents is 1. The molecule has 11 heteroatoms. The molecule has 0 spiro atoms. The Balaban J connectivity index is 1.72. The summed E-state index contributed by atoms with van der Waals surface area (Å²) in [5, 5.41) is 40.9. The molecule has 4 N–H and O–H groups in total. The Labute approximate surface area is 207 Å². The summed E-state index contributed by atoms with van der Waals surface area (Å²) in [5.74, 6) is 0.264. The topological polar surface area (TPSA) is 153 Å². The number of methoxy groups -OCH3 is 3. The van der Waals surface area contributed by atoms with E-state index in [0.717, 1.165) is 0 Å². The molecule has 1 fully saturated rings. The van der Waals surface area contributed by atoms with Crippen LogP contribution in [0.25, 0.3) is 6.08 Å². The highest BCUT2D eigenvalue weighted by Crippen LogP contribution is 2.46. The van der Waals surface area contributed by atoms with E-state index in [1.54, 1.807) is 12.1 Å². The monoisotopic (exact) mass is 504 g/mol. The number of Topliss-reactive ketones (excluding diaryl/α,β-unsaturated/α-hetero) is 1. The number of hydrogen-bond donors (Lipinski definition) is 4. The number of carbonyl (C=O) groups excluding carboxylic acids is 1. The smallest absolute Gasteiger partial charge is 0.235 e. The molecule has 0 radical (unpaired) electrons. The summed E-state index contributed by atoms with van der Waals surface area (Å²) < 4.78 is 33.1. The molecule has 194 valence electrons. The van der Waals surface area contributed by atoms with Crippen LogP contribution in [0.15, 0.2) is 24.0 Å². The normalized spacial score (nSPS) is 26.4. The number of ketones is 1. The van der Waals surface area contributed by atoms with Crippen LogP contribution in [-0.2, 0) is 4.74 Å². The summed E-state index contributed by atoms with van der Waals surface area (Å²) >= 11 is 0. The fraction of sp³-hybridized carbons (Fsp3) is 0.400. The minimum absolute atomic E-state index is 0.00746. The predicted molar refractivity (Wildman–Crippen MR) is 125 cm³/mol. The summed E-state index contributed by atoms with van der Waals surface area (Å²) in [7, 11) is 4.41. The van der Waals surface area contributed by atoms with Gasteiger partial charge in [0.2, 0.25) is 17.8 Å². The largest absolute Gasteiger partial charge is 0.507 e. The van der Waals surface area contributed by atoms with Gasteiger partial charge in [-0.15, -0.1) is 0 Å². The number of aliphatic hydroxyl groups excluding tert-OH is 3. The van der Waals surface area contributed by atoms with Crippen molar-refractivity contribution in [1.29, 1.82) is 0 Å². The van der Waals surface area contributed by atoms with Crippen molar-refractivity contribution < 1.29 is 53.6 Å². The summed E-state index contributed by atoms with van der Waals surface area (Å²) in [6.45, 7) is 3.02. The number of phenols is 1. The fourth-order valence-corrected chi connectivity index (χ4v) is 4.11. The van der Waals surface area contributed by atoms with E-state index in [1.165, 1.54) is 47.3 Å². The number of aromatic hydroxyl groups is 1. The maximum Gasteiger partial charge on any atom is 0.235 e. The lowest BCUT2D eigenvalue weighted by atomic mass is 9.99. The summed E-state index contributed by atoms with van der Waals surface area (Å²) in [6, 6.07) is 4.55. The minimum atomic E-state index is -1.61. The Morgan fingerprint density at radius 3 is 2.14 bits per heavy atom. The first-order chi connectivity index (χ1) is 17.1. The van der Waals surface area contributed by atoms with Gasteiger partial charge >= 0.3 is 0 Å². The molecule has 2 aliphatic heterocycles. The number of fused-ring (bicyclic) bond motifs is 1. The first kappa shape index (κ1) is 25.6. The Bertz CT molecular complexity index is 1180. The van der Waals surface area contributed by atoms with Crippen molar-refractivity contribution in [3.8, 4) is 34.5 Å². The van der Waals surface area contributed by atoms with Gasteiger partial charge in [-0.3, -0.25) is 4.79 Å². The van der Waals surface area contributed by atoms with Crippen molar-refractivity contribution in [1.82, 2.24) is 0 Å². The Hall–Kier alpha value is -3.51. The van der Waals surface area contributed by atoms with Gasteiger partial charge in [0.15, 0.2) is 17.3 Å². The average molecular weight is 504 g/mol. The lowest BCUT2D eigenvalue weighted by Crippen LogP contribution is -2.58. The average Bonchev–Trinajstić information content (AvgIpc) is 3.16. The molecule has 0 unspecified atom stereocenters. The predicted octanol–water partition coefficient (Wildman–Crippen LogP) is 1.55. The van der Waals surface area contributed by atoms with Crippen molar-refractivity contribution in [3.63, 3.8) is 0 Å². The number of hydrogen-bond acceptors (Lipinski definition) is 11. The quantitative estimate of drug-likeness (QED) is 0.424. The van der Waals surface area contributed by atoms with Crippen LogP contribution in [0, 0.1) is 6.92 Å². The molecule has 36 heavy (non-hydrogen) atoms. The van der Waals surface area contributed by atoms with E-state index in [-0.39, 0.29) is 34.1 Å². The molecule has 0 amide bonds. The lowest BCUT2D eigenvalue weighted by molar-refractivity contribution is -0.268. The third-order valence-electron chi connectivity index (χ3n) is 6.16. The van der Waals surface area contributed by atoms with Crippen molar-refractivity contribution in [3.05, 3.63) is 40.6 Å². The summed E-state index contributed by atoms with van der Waals surface area (Å²) in [5.41, 5.74) is 0.720. The first-order valence-corrected chi connectivity index (χ1v) is 11.1. The number of carbonyl (C=O) groups is 1. The molecule has 4 rings (SSSR count).